The first-order chi connectivity index (χ1) is 13.2. The monoisotopic (exact) mass is 396 g/mol. The fraction of sp³-hybridized carbons (Fsp3) is 0.905. The number of nitrogens with one attached hydrogen (secondary N) is 2. The predicted octanol–water partition coefficient (Wildman–Crippen LogP) is 3.15. The number of aliphatic imine (C=N–C) groups is 1. The van der Waals surface area contributed by atoms with Gasteiger partial charge in [0.2, 0.25) is 0 Å². The van der Waals surface area contributed by atoms with Crippen molar-refractivity contribution in [1.29, 1.82) is 0 Å². The number of ether oxygens (including phenoxy) is 2. The summed E-state index contributed by atoms with van der Waals surface area (Å²) in [4.78, 5) is 19.6. The van der Waals surface area contributed by atoms with Crippen molar-refractivity contribution >= 4 is 12.1 Å². The minimum absolute atomic E-state index is 0.289. The maximum atomic E-state index is 12.4. The van der Waals surface area contributed by atoms with E-state index >= 15 is 0 Å². The van der Waals surface area contributed by atoms with Gasteiger partial charge in [-0.05, 0) is 53.4 Å². The highest BCUT2D eigenvalue weighted by Gasteiger charge is 2.42. The van der Waals surface area contributed by atoms with Gasteiger partial charge in [0.15, 0.2) is 5.96 Å². The van der Waals surface area contributed by atoms with Crippen LogP contribution >= 0.6 is 0 Å². The van der Waals surface area contributed by atoms with E-state index in [4.69, 9.17) is 14.5 Å². The molecule has 1 amide bonds. The van der Waals surface area contributed by atoms with Gasteiger partial charge in [0, 0.05) is 31.7 Å². The van der Waals surface area contributed by atoms with Crippen LogP contribution in [0.4, 0.5) is 4.79 Å². The van der Waals surface area contributed by atoms with Crippen molar-refractivity contribution in [2.75, 3.05) is 39.4 Å². The maximum absolute atomic E-state index is 12.4. The summed E-state index contributed by atoms with van der Waals surface area (Å²) in [6.45, 7) is 17.0. The van der Waals surface area contributed by atoms with E-state index in [0.29, 0.717) is 6.54 Å². The Morgan fingerprint density at radius 3 is 2.46 bits per heavy atom. The van der Waals surface area contributed by atoms with E-state index in [1.54, 1.807) is 0 Å². The smallest absolute Gasteiger partial charge is 0.408 e. The molecule has 0 aromatic carbocycles. The summed E-state index contributed by atoms with van der Waals surface area (Å²) >= 11 is 0. The van der Waals surface area contributed by atoms with E-state index < -0.39 is 11.1 Å². The number of nitrogens with zero attached hydrogens (tertiary/aromatic N) is 2. The lowest BCUT2D eigenvalue weighted by atomic mass is 9.87. The number of hydrogen-bond acceptors (Lipinski definition) is 4. The Hall–Kier alpha value is -1.50. The molecular weight excluding hydrogens is 356 g/mol. The largest absolute Gasteiger partial charge is 0.444 e. The number of guanidine groups is 1. The highest BCUT2D eigenvalue weighted by Crippen LogP contribution is 2.38. The summed E-state index contributed by atoms with van der Waals surface area (Å²) in [5, 5.41) is 6.52. The van der Waals surface area contributed by atoms with Crippen molar-refractivity contribution in [2.24, 2.45) is 10.4 Å². The Morgan fingerprint density at radius 1 is 1.21 bits per heavy atom. The van der Waals surface area contributed by atoms with E-state index in [2.05, 4.69) is 36.3 Å². The quantitative estimate of drug-likeness (QED) is 0.533. The van der Waals surface area contributed by atoms with Crippen molar-refractivity contribution in [3.05, 3.63) is 0 Å². The molecule has 1 atom stereocenters. The predicted molar refractivity (Wildman–Crippen MR) is 113 cm³/mol. The normalized spacial score (nSPS) is 23.4. The third kappa shape index (κ3) is 6.00. The first-order valence-electron chi connectivity index (χ1n) is 10.8. The van der Waals surface area contributed by atoms with Crippen LogP contribution in [0.15, 0.2) is 4.99 Å². The summed E-state index contributed by atoms with van der Waals surface area (Å²) in [5.41, 5.74) is -0.628. The van der Waals surface area contributed by atoms with Crippen molar-refractivity contribution in [3.8, 4) is 0 Å². The number of amides is 1. The molecule has 0 saturated carbocycles. The highest BCUT2D eigenvalue weighted by atomic mass is 16.6. The van der Waals surface area contributed by atoms with E-state index in [9.17, 15) is 4.79 Å². The molecule has 0 aliphatic carbocycles. The average Bonchev–Trinajstić information content (AvgIpc) is 3.26. The zero-order valence-corrected chi connectivity index (χ0v) is 18.7. The Balaban J connectivity index is 2.08. The zero-order chi connectivity index (χ0) is 20.8. The Labute approximate surface area is 170 Å². The van der Waals surface area contributed by atoms with Crippen LogP contribution in [-0.2, 0) is 9.47 Å². The van der Waals surface area contributed by atoms with Crippen LogP contribution in [0, 0.1) is 5.41 Å². The standard InChI is InChI=1S/C21H40N4O3/c1-7-21(8-2,24-18(26)28-19(4,5)6)14-23-17(22-9-3)25-12-10-20(15-25)11-13-27-16-20/h7-16H2,1-6H3,(H,22,23)(H,24,26). The van der Waals surface area contributed by atoms with Gasteiger partial charge < -0.3 is 25.0 Å². The minimum Gasteiger partial charge on any atom is -0.444 e. The molecule has 0 radical (unpaired) electrons. The average molecular weight is 397 g/mol. The maximum Gasteiger partial charge on any atom is 0.408 e. The van der Waals surface area contributed by atoms with Crippen LogP contribution in [-0.4, -0.2) is 67.5 Å². The van der Waals surface area contributed by atoms with Gasteiger partial charge in [-0.25, -0.2) is 4.79 Å². The summed E-state index contributed by atoms with van der Waals surface area (Å²) < 4.78 is 11.1. The lowest BCUT2D eigenvalue weighted by Crippen LogP contribution is -2.52. The van der Waals surface area contributed by atoms with Gasteiger partial charge in [0.05, 0.1) is 18.7 Å². The van der Waals surface area contributed by atoms with E-state index in [0.717, 1.165) is 64.5 Å². The lowest BCUT2D eigenvalue weighted by molar-refractivity contribution is 0.0451. The summed E-state index contributed by atoms with van der Waals surface area (Å²) in [7, 11) is 0. The fourth-order valence-electron chi connectivity index (χ4n) is 3.95. The number of likely N-dealkylation sites (tertiary alicyclic amines) is 1. The SMILES string of the molecule is CCNC(=NCC(CC)(CC)NC(=O)OC(C)(C)C)N1CCC2(CCOC2)C1. The Morgan fingerprint density at radius 2 is 1.93 bits per heavy atom. The zero-order valence-electron chi connectivity index (χ0n) is 18.7. The first kappa shape index (κ1) is 22.8. The van der Waals surface area contributed by atoms with Crippen molar-refractivity contribution in [1.82, 2.24) is 15.5 Å². The topological polar surface area (TPSA) is 75.2 Å². The van der Waals surface area contributed by atoms with Gasteiger partial charge in [-0.1, -0.05) is 13.8 Å². The first-order valence-corrected chi connectivity index (χ1v) is 10.8. The van der Waals surface area contributed by atoms with E-state index in [-0.39, 0.29) is 11.5 Å². The summed E-state index contributed by atoms with van der Waals surface area (Å²) in [6, 6.07) is 0. The Kier molecular flexibility index (Phi) is 7.59. The van der Waals surface area contributed by atoms with Crippen LogP contribution < -0.4 is 10.6 Å². The molecule has 2 aliphatic heterocycles. The Bertz CT molecular complexity index is 546. The van der Waals surface area contributed by atoms with Gasteiger partial charge in [-0.2, -0.15) is 0 Å². The number of alkyl carbamates (subject to hydrolysis) is 1. The van der Waals surface area contributed by atoms with Gasteiger partial charge in [0.25, 0.3) is 0 Å². The fourth-order valence-corrected chi connectivity index (χ4v) is 3.95. The molecule has 28 heavy (non-hydrogen) atoms. The van der Waals surface area contributed by atoms with Crippen molar-refractivity contribution in [2.45, 2.75) is 78.4 Å². The van der Waals surface area contributed by atoms with Crippen LogP contribution in [0.2, 0.25) is 0 Å². The molecule has 2 N–H and O–H groups in total. The molecule has 7 heteroatoms. The molecule has 0 aromatic rings. The number of hydrogen-bond donors (Lipinski definition) is 2. The molecule has 2 fully saturated rings. The molecule has 2 saturated heterocycles. The number of carbonyl (C=O) groups excluding carboxylic acids is 1. The summed E-state index contributed by atoms with van der Waals surface area (Å²) in [5.74, 6) is 0.934. The second kappa shape index (κ2) is 9.33. The van der Waals surface area contributed by atoms with Crippen molar-refractivity contribution < 1.29 is 14.3 Å². The number of rotatable bonds is 6. The molecular formula is C21H40N4O3. The highest BCUT2D eigenvalue weighted by molar-refractivity contribution is 5.80. The van der Waals surface area contributed by atoms with E-state index in [1.807, 2.05) is 20.8 Å². The molecule has 1 unspecified atom stereocenters. The minimum atomic E-state index is -0.511. The molecule has 162 valence electrons. The molecule has 7 nitrogen and oxygen atoms in total. The molecule has 2 aliphatic rings. The van der Waals surface area contributed by atoms with Crippen molar-refractivity contribution in [3.63, 3.8) is 0 Å². The second-order valence-electron chi connectivity index (χ2n) is 9.26. The van der Waals surface area contributed by atoms with E-state index in [1.165, 1.54) is 0 Å². The van der Waals surface area contributed by atoms with Crippen LogP contribution in [0.5, 0.6) is 0 Å². The van der Waals surface area contributed by atoms with Crippen LogP contribution in [0.25, 0.3) is 0 Å². The summed E-state index contributed by atoms with van der Waals surface area (Å²) in [6.07, 6.45) is 3.50. The molecule has 0 aromatic heterocycles. The van der Waals surface area contributed by atoms with Crippen LogP contribution in [0.1, 0.15) is 67.2 Å². The van der Waals surface area contributed by atoms with Gasteiger partial charge >= 0.3 is 6.09 Å². The third-order valence-corrected chi connectivity index (χ3v) is 5.91. The van der Waals surface area contributed by atoms with Gasteiger partial charge in [-0.3, -0.25) is 4.99 Å². The lowest BCUT2D eigenvalue weighted by Gasteiger charge is -2.33. The molecule has 1 spiro atoms. The molecule has 2 rings (SSSR count). The van der Waals surface area contributed by atoms with Gasteiger partial charge in [0.1, 0.15) is 5.60 Å². The molecule has 0 bridgehead atoms. The second-order valence-corrected chi connectivity index (χ2v) is 9.26. The third-order valence-electron chi connectivity index (χ3n) is 5.91. The molecule has 2 heterocycles. The van der Waals surface area contributed by atoms with Gasteiger partial charge in [-0.15, -0.1) is 0 Å². The van der Waals surface area contributed by atoms with Crippen LogP contribution in [0.3, 0.4) is 0 Å². The number of carbonyl (C=O) groups is 1.